The van der Waals surface area contributed by atoms with Crippen LogP contribution >= 0.6 is 0 Å². The maximum absolute atomic E-state index is 11.0. The number of likely N-dealkylation sites (N-methyl/N-ethyl adjacent to an activating group) is 2. The number of carbonyl (C=O) groups is 1. The topological polar surface area (TPSA) is 41.6 Å². The first-order valence-electron chi connectivity index (χ1n) is 4.14. The summed E-state index contributed by atoms with van der Waals surface area (Å²) in [4.78, 5) is 12.9. The summed E-state index contributed by atoms with van der Waals surface area (Å²) in [7, 11) is 3.55. The fourth-order valence-corrected chi connectivity index (χ4v) is 0.824. The zero-order chi connectivity index (χ0) is 9.40. The zero-order valence-corrected chi connectivity index (χ0v) is 8.09. The second kappa shape index (κ2) is 7.06. The highest BCUT2D eigenvalue weighted by Gasteiger charge is 2.03. The number of nitrogens with zero attached hydrogens (tertiary/aromatic N) is 1. The Bertz CT molecular complexity index is 128. The standard InChI is InChI=1S/C8H18N2O2/c1-4-9-8(11)7-10(2)5-6-12-3/h4-7H2,1-3H3,(H,9,11). The molecule has 0 aromatic carbocycles. The predicted molar refractivity (Wildman–Crippen MR) is 48.1 cm³/mol. The summed E-state index contributed by atoms with van der Waals surface area (Å²) in [6, 6.07) is 0. The Morgan fingerprint density at radius 1 is 1.58 bits per heavy atom. The molecule has 0 bridgehead atoms. The molecule has 0 aromatic heterocycles. The molecule has 12 heavy (non-hydrogen) atoms. The van der Waals surface area contributed by atoms with Gasteiger partial charge in [-0.25, -0.2) is 0 Å². The van der Waals surface area contributed by atoms with Crippen LogP contribution in [0.2, 0.25) is 0 Å². The third-order valence-corrected chi connectivity index (χ3v) is 1.46. The molecule has 4 heteroatoms. The predicted octanol–water partition coefficient (Wildman–Crippen LogP) is -0.299. The van der Waals surface area contributed by atoms with Crippen molar-refractivity contribution in [1.29, 1.82) is 0 Å². The number of hydrogen-bond donors (Lipinski definition) is 1. The van der Waals surface area contributed by atoms with Gasteiger partial charge in [-0.2, -0.15) is 0 Å². The first-order chi connectivity index (χ1) is 5.70. The molecule has 0 aliphatic heterocycles. The van der Waals surface area contributed by atoms with Crippen LogP contribution in [0.25, 0.3) is 0 Å². The summed E-state index contributed by atoms with van der Waals surface area (Å²) in [5, 5.41) is 2.73. The lowest BCUT2D eigenvalue weighted by atomic mass is 10.5. The molecular weight excluding hydrogens is 156 g/mol. The first kappa shape index (κ1) is 11.4. The SMILES string of the molecule is CCNC(=O)CN(C)CCOC. The summed E-state index contributed by atoms with van der Waals surface area (Å²) >= 11 is 0. The number of nitrogens with one attached hydrogen (secondary N) is 1. The van der Waals surface area contributed by atoms with Crippen molar-refractivity contribution < 1.29 is 9.53 Å². The number of methoxy groups -OCH3 is 1. The van der Waals surface area contributed by atoms with E-state index in [0.29, 0.717) is 19.7 Å². The van der Waals surface area contributed by atoms with Crippen LogP contribution in [0.5, 0.6) is 0 Å². The van der Waals surface area contributed by atoms with Gasteiger partial charge < -0.3 is 10.1 Å². The van der Waals surface area contributed by atoms with Gasteiger partial charge in [0.1, 0.15) is 0 Å². The van der Waals surface area contributed by atoms with Crippen molar-refractivity contribution >= 4 is 5.91 Å². The van der Waals surface area contributed by atoms with E-state index in [2.05, 4.69) is 5.32 Å². The van der Waals surface area contributed by atoms with E-state index >= 15 is 0 Å². The third kappa shape index (κ3) is 6.12. The highest BCUT2D eigenvalue weighted by Crippen LogP contribution is 1.81. The van der Waals surface area contributed by atoms with Crippen LogP contribution in [0.3, 0.4) is 0 Å². The Balaban J connectivity index is 3.40. The summed E-state index contributed by atoms with van der Waals surface area (Å²) in [5.41, 5.74) is 0. The van der Waals surface area contributed by atoms with E-state index in [1.807, 2.05) is 18.9 Å². The number of rotatable bonds is 6. The second-order valence-corrected chi connectivity index (χ2v) is 2.68. The average Bonchev–Trinajstić information content (AvgIpc) is 2.01. The summed E-state index contributed by atoms with van der Waals surface area (Å²) in [5.74, 6) is 0.0658. The van der Waals surface area contributed by atoms with Crippen LogP contribution in [-0.4, -0.2) is 51.2 Å². The number of amides is 1. The quantitative estimate of drug-likeness (QED) is 0.601. The molecule has 0 unspecified atom stereocenters. The van der Waals surface area contributed by atoms with Gasteiger partial charge in [0.25, 0.3) is 0 Å². The van der Waals surface area contributed by atoms with Crippen molar-refractivity contribution in [2.45, 2.75) is 6.92 Å². The molecule has 0 aliphatic rings. The van der Waals surface area contributed by atoms with Crippen molar-refractivity contribution in [3.63, 3.8) is 0 Å². The van der Waals surface area contributed by atoms with Crippen LogP contribution in [0.1, 0.15) is 6.92 Å². The summed E-state index contributed by atoms with van der Waals surface area (Å²) in [6.07, 6.45) is 0. The molecule has 72 valence electrons. The maximum atomic E-state index is 11.0. The molecule has 0 radical (unpaired) electrons. The van der Waals surface area contributed by atoms with E-state index < -0.39 is 0 Å². The van der Waals surface area contributed by atoms with Crippen LogP contribution in [0.15, 0.2) is 0 Å². The van der Waals surface area contributed by atoms with Crippen LogP contribution < -0.4 is 5.32 Å². The van der Waals surface area contributed by atoms with Crippen molar-refractivity contribution in [3.8, 4) is 0 Å². The fourth-order valence-electron chi connectivity index (χ4n) is 0.824. The molecule has 0 heterocycles. The van der Waals surface area contributed by atoms with Gasteiger partial charge in [0.15, 0.2) is 0 Å². The summed E-state index contributed by atoms with van der Waals surface area (Å²) < 4.78 is 4.88. The molecule has 0 aliphatic carbocycles. The van der Waals surface area contributed by atoms with E-state index in [9.17, 15) is 4.79 Å². The van der Waals surface area contributed by atoms with E-state index in [-0.39, 0.29) is 5.91 Å². The molecule has 4 nitrogen and oxygen atoms in total. The minimum Gasteiger partial charge on any atom is -0.383 e. The van der Waals surface area contributed by atoms with Gasteiger partial charge in [0.05, 0.1) is 13.2 Å². The molecule has 0 atom stereocenters. The molecule has 0 spiro atoms. The van der Waals surface area contributed by atoms with Gasteiger partial charge in [0.2, 0.25) is 5.91 Å². The molecule has 1 N–H and O–H groups in total. The van der Waals surface area contributed by atoms with Crippen molar-refractivity contribution in [2.75, 3.05) is 40.4 Å². The van der Waals surface area contributed by atoms with Gasteiger partial charge in [-0.3, -0.25) is 9.69 Å². The normalized spacial score (nSPS) is 10.3. The Labute approximate surface area is 73.9 Å². The van der Waals surface area contributed by atoms with Crippen LogP contribution in [-0.2, 0) is 9.53 Å². The monoisotopic (exact) mass is 174 g/mol. The largest absolute Gasteiger partial charge is 0.383 e. The van der Waals surface area contributed by atoms with Crippen LogP contribution in [0.4, 0.5) is 0 Å². The van der Waals surface area contributed by atoms with Gasteiger partial charge in [-0.15, -0.1) is 0 Å². The number of ether oxygens (including phenoxy) is 1. The molecule has 0 saturated carbocycles. The molecule has 0 saturated heterocycles. The maximum Gasteiger partial charge on any atom is 0.234 e. The van der Waals surface area contributed by atoms with E-state index in [1.165, 1.54) is 0 Å². The molecule has 0 rings (SSSR count). The minimum absolute atomic E-state index is 0.0658. The smallest absolute Gasteiger partial charge is 0.234 e. The zero-order valence-electron chi connectivity index (χ0n) is 8.09. The van der Waals surface area contributed by atoms with Crippen molar-refractivity contribution in [3.05, 3.63) is 0 Å². The van der Waals surface area contributed by atoms with E-state index in [0.717, 1.165) is 6.54 Å². The molecular formula is C8H18N2O2. The average molecular weight is 174 g/mol. The van der Waals surface area contributed by atoms with Gasteiger partial charge in [-0.05, 0) is 14.0 Å². The molecule has 0 aromatic rings. The third-order valence-electron chi connectivity index (χ3n) is 1.46. The van der Waals surface area contributed by atoms with Gasteiger partial charge in [-0.1, -0.05) is 0 Å². The molecule has 0 fully saturated rings. The fraction of sp³-hybridized carbons (Fsp3) is 0.875. The number of hydrogen-bond acceptors (Lipinski definition) is 3. The summed E-state index contributed by atoms with van der Waals surface area (Å²) in [6.45, 7) is 4.49. The minimum atomic E-state index is 0.0658. The Kier molecular flexibility index (Phi) is 6.70. The van der Waals surface area contributed by atoms with Gasteiger partial charge >= 0.3 is 0 Å². The van der Waals surface area contributed by atoms with E-state index in [4.69, 9.17) is 4.74 Å². The lowest BCUT2D eigenvalue weighted by Crippen LogP contribution is -2.36. The Morgan fingerprint density at radius 3 is 2.75 bits per heavy atom. The lowest BCUT2D eigenvalue weighted by Gasteiger charge is -2.14. The van der Waals surface area contributed by atoms with Crippen molar-refractivity contribution in [2.24, 2.45) is 0 Å². The number of carbonyl (C=O) groups excluding carboxylic acids is 1. The highest BCUT2D eigenvalue weighted by atomic mass is 16.5. The van der Waals surface area contributed by atoms with Crippen LogP contribution in [0, 0.1) is 0 Å². The lowest BCUT2D eigenvalue weighted by molar-refractivity contribution is -0.121. The highest BCUT2D eigenvalue weighted by molar-refractivity contribution is 5.77. The Hall–Kier alpha value is -0.610. The van der Waals surface area contributed by atoms with Gasteiger partial charge in [0, 0.05) is 20.2 Å². The molecule has 1 amide bonds. The van der Waals surface area contributed by atoms with Crippen molar-refractivity contribution in [1.82, 2.24) is 10.2 Å². The Morgan fingerprint density at radius 2 is 2.25 bits per heavy atom. The van der Waals surface area contributed by atoms with E-state index in [1.54, 1.807) is 7.11 Å². The second-order valence-electron chi connectivity index (χ2n) is 2.68. The first-order valence-corrected chi connectivity index (χ1v) is 4.14.